The Balaban J connectivity index is 2.24. The highest BCUT2D eigenvalue weighted by Crippen LogP contribution is 2.34. The van der Waals surface area contributed by atoms with E-state index in [2.05, 4.69) is 4.98 Å². The number of halogens is 1. The van der Waals surface area contributed by atoms with Gasteiger partial charge in [0.1, 0.15) is 18.5 Å². The lowest BCUT2D eigenvalue weighted by Crippen LogP contribution is -2.38. The van der Waals surface area contributed by atoms with Crippen LogP contribution < -0.4 is 11.4 Å². The summed E-state index contributed by atoms with van der Waals surface area (Å²) in [4.78, 5) is 39.2. The van der Waals surface area contributed by atoms with Crippen LogP contribution in [-0.2, 0) is 23.8 Å². The third-order valence-electron chi connectivity index (χ3n) is 3.98. The van der Waals surface area contributed by atoms with Gasteiger partial charge in [-0.15, -0.1) is 0 Å². The average Bonchev–Trinajstić information content (AvgIpc) is 2.88. The van der Waals surface area contributed by atoms with Crippen molar-refractivity contribution < 1.29 is 28.2 Å². The first-order valence-corrected chi connectivity index (χ1v) is 8.63. The van der Waals surface area contributed by atoms with Crippen LogP contribution in [0.3, 0.4) is 0 Å². The first kappa shape index (κ1) is 20.8. The van der Waals surface area contributed by atoms with Crippen LogP contribution >= 0.6 is 0 Å². The van der Waals surface area contributed by atoms with Gasteiger partial charge in [-0.05, 0) is 6.07 Å². The van der Waals surface area contributed by atoms with Crippen LogP contribution in [0.4, 0.5) is 10.2 Å². The molecule has 150 valence electrons. The van der Waals surface area contributed by atoms with Crippen molar-refractivity contribution in [2.45, 2.75) is 52.3 Å². The van der Waals surface area contributed by atoms with Gasteiger partial charge >= 0.3 is 17.6 Å². The zero-order valence-corrected chi connectivity index (χ0v) is 15.6. The van der Waals surface area contributed by atoms with E-state index in [1.807, 2.05) is 0 Å². The standard InChI is InChI=1S/C17H24FN3O6/c1-8(2)15(22)25-7-10-13(27-16(23)9(3)4)12(18)14(26-10)21-6-5-11(19)20-17(21)24/h5-6,8-10,12-14H,7H2,1-4H3,(H2,19,20,24)/t10-,12-,13-,14-/m1/s1. The van der Waals surface area contributed by atoms with E-state index in [0.717, 1.165) is 4.57 Å². The Hall–Kier alpha value is -2.49. The molecule has 1 aromatic heterocycles. The number of hydrogen-bond acceptors (Lipinski definition) is 8. The first-order valence-electron chi connectivity index (χ1n) is 8.63. The Morgan fingerprint density at radius 3 is 2.48 bits per heavy atom. The number of nitrogens with two attached hydrogens (primary N) is 1. The van der Waals surface area contributed by atoms with Gasteiger partial charge in [0.2, 0.25) is 0 Å². The SMILES string of the molecule is CC(C)C(=O)OC[C@H]1O[C@@H](n2ccc(N)nc2=O)[C@H](F)[C@@H]1OC(=O)C(C)C. The van der Waals surface area contributed by atoms with Gasteiger partial charge in [0.05, 0.1) is 11.8 Å². The summed E-state index contributed by atoms with van der Waals surface area (Å²) < 4.78 is 31.8. The van der Waals surface area contributed by atoms with Crippen LogP contribution in [-0.4, -0.2) is 46.5 Å². The van der Waals surface area contributed by atoms with E-state index in [-0.39, 0.29) is 18.3 Å². The molecule has 0 amide bonds. The average molecular weight is 385 g/mol. The number of nitrogen functional groups attached to an aromatic ring is 1. The molecule has 10 heteroatoms. The smallest absolute Gasteiger partial charge is 0.351 e. The van der Waals surface area contributed by atoms with Crippen molar-refractivity contribution in [3.63, 3.8) is 0 Å². The van der Waals surface area contributed by atoms with Crippen LogP contribution in [0, 0.1) is 11.8 Å². The summed E-state index contributed by atoms with van der Waals surface area (Å²) in [7, 11) is 0. The van der Waals surface area contributed by atoms with Gasteiger partial charge in [-0.25, -0.2) is 9.18 Å². The van der Waals surface area contributed by atoms with Crippen LogP contribution in [0.25, 0.3) is 0 Å². The lowest BCUT2D eigenvalue weighted by molar-refractivity contribution is -0.163. The molecule has 4 atom stereocenters. The number of aromatic nitrogens is 2. The zero-order chi connectivity index (χ0) is 20.3. The fraction of sp³-hybridized carbons (Fsp3) is 0.647. The number of hydrogen-bond donors (Lipinski definition) is 1. The van der Waals surface area contributed by atoms with E-state index in [0.29, 0.717) is 0 Å². The van der Waals surface area contributed by atoms with E-state index >= 15 is 4.39 Å². The highest BCUT2D eigenvalue weighted by molar-refractivity contribution is 5.72. The molecule has 1 fully saturated rings. The molecule has 0 radical (unpaired) electrons. The first-order chi connectivity index (χ1) is 12.6. The summed E-state index contributed by atoms with van der Waals surface area (Å²) in [6.45, 7) is 6.18. The summed E-state index contributed by atoms with van der Waals surface area (Å²) in [5.74, 6) is -2.03. The maximum absolute atomic E-state index is 15.0. The largest absolute Gasteiger partial charge is 0.463 e. The number of carbonyl (C=O) groups is 2. The Bertz CT molecular complexity index is 750. The summed E-state index contributed by atoms with van der Waals surface area (Å²) in [5.41, 5.74) is 4.63. The Labute approximate surface area is 155 Å². The highest BCUT2D eigenvalue weighted by Gasteiger charge is 2.49. The molecule has 1 aliphatic heterocycles. The molecule has 0 saturated carbocycles. The summed E-state index contributed by atoms with van der Waals surface area (Å²) in [6, 6.07) is 1.32. The fourth-order valence-corrected chi connectivity index (χ4v) is 2.41. The van der Waals surface area contributed by atoms with Crippen molar-refractivity contribution >= 4 is 17.8 Å². The van der Waals surface area contributed by atoms with Crippen molar-refractivity contribution in [2.75, 3.05) is 12.3 Å². The Kier molecular flexibility index (Phi) is 6.53. The number of esters is 2. The topological polar surface area (TPSA) is 123 Å². The summed E-state index contributed by atoms with van der Waals surface area (Å²) in [6.07, 6.45) is -4.42. The minimum Gasteiger partial charge on any atom is -0.463 e. The van der Waals surface area contributed by atoms with Crippen LogP contribution in [0.5, 0.6) is 0 Å². The van der Waals surface area contributed by atoms with Gasteiger partial charge in [0, 0.05) is 6.20 Å². The van der Waals surface area contributed by atoms with Crippen molar-refractivity contribution in [3.05, 3.63) is 22.7 Å². The fourth-order valence-electron chi connectivity index (χ4n) is 2.41. The number of carbonyl (C=O) groups excluding carboxylic acids is 2. The normalized spacial score (nSPS) is 25.0. The molecule has 0 bridgehead atoms. The molecule has 0 aliphatic carbocycles. The number of rotatable bonds is 6. The van der Waals surface area contributed by atoms with Crippen LogP contribution in [0.1, 0.15) is 33.9 Å². The monoisotopic (exact) mass is 385 g/mol. The van der Waals surface area contributed by atoms with Crippen molar-refractivity contribution in [1.29, 1.82) is 0 Å². The molecule has 0 spiro atoms. The number of anilines is 1. The van der Waals surface area contributed by atoms with Gasteiger partial charge in [0.25, 0.3) is 0 Å². The lowest BCUT2D eigenvalue weighted by atomic mass is 10.1. The second-order valence-electron chi connectivity index (χ2n) is 6.89. The third-order valence-corrected chi connectivity index (χ3v) is 3.98. The molecule has 9 nitrogen and oxygen atoms in total. The highest BCUT2D eigenvalue weighted by atomic mass is 19.1. The minimum atomic E-state index is -1.86. The van der Waals surface area contributed by atoms with E-state index in [1.54, 1.807) is 27.7 Å². The maximum Gasteiger partial charge on any atom is 0.351 e. The molecule has 1 saturated heterocycles. The van der Waals surface area contributed by atoms with E-state index in [4.69, 9.17) is 19.9 Å². The second-order valence-corrected chi connectivity index (χ2v) is 6.89. The quantitative estimate of drug-likeness (QED) is 0.714. The molecule has 2 rings (SSSR count). The number of nitrogens with zero attached hydrogens (tertiary/aromatic N) is 2. The van der Waals surface area contributed by atoms with Gasteiger partial charge in [0.15, 0.2) is 18.5 Å². The van der Waals surface area contributed by atoms with Gasteiger partial charge in [-0.1, -0.05) is 27.7 Å². The summed E-state index contributed by atoms with van der Waals surface area (Å²) in [5, 5.41) is 0. The third kappa shape index (κ3) is 4.82. The summed E-state index contributed by atoms with van der Waals surface area (Å²) >= 11 is 0. The molecule has 27 heavy (non-hydrogen) atoms. The molecule has 0 aromatic carbocycles. The predicted molar refractivity (Wildman–Crippen MR) is 92.2 cm³/mol. The second kappa shape index (κ2) is 8.47. The molecular formula is C17H24FN3O6. The van der Waals surface area contributed by atoms with Gasteiger partial charge in [-0.2, -0.15) is 4.98 Å². The number of alkyl halides is 1. The molecular weight excluding hydrogens is 361 g/mol. The molecule has 2 N–H and O–H groups in total. The lowest BCUT2D eigenvalue weighted by Gasteiger charge is -2.21. The number of ether oxygens (including phenoxy) is 3. The van der Waals surface area contributed by atoms with E-state index in [9.17, 15) is 14.4 Å². The molecule has 0 unspecified atom stereocenters. The van der Waals surface area contributed by atoms with Crippen LogP contribution in [0.2, 0.25) is 0 Å². The van der Waals surface area contributed by atoms with E-state index < -0.39 is 48.2 Å². The molecule has 1 aliphatic rings. The van der Waals surface area contributed by atoms with E-state index in [1.165, 1.54) is 12.3 Å². The Morgan fingerprint density at radius 2 is 1.93 bits per heavy atom. The maximum atomic E-state index is 15.0. The molecule has 2 heterocycles. The van der Waals surface area contributed by atoms with Gasteiger partial charge in [-0.3, -0.25) is 14.2 Å². The van der Waals surface area contributed by atoms with Crippen molar-refractivity contribution in [3.8, 4) is 0 Å². The zero-order valence-electron chi connectivity index (χ0n) is 15.6. The minimum absolute atomic E-state index is 0.0187. The van der Waals surface area contributed by atoms with Gasteiger partial charge < -0.3 is 19.9 Å². The Morgan fingerprint density at radius 1 is 1.30 bits per heavy atom. The van der Waals surface area contributed by atoms with Crippen molar-refractivity contribution in [2.24, 2.45) is 11.8 Å². The molecule has 1 aromatic rings. The van der Waals surface area contributed by atoms with Crippen molar-refractivity contribution in [1.82, 2.24) is 9.55 Å². The van der Waals surface area contributed by atoms with Crippen LogP contribution in [0.15, 0.2) is 17.1 Å². The predicted octanol–water partition coefficient (Wildman–Crippen LogP) is 0.828.